The minimum absolute atomic E-state index is 0.106. The highest BCUT2D eigenvalue weighted by molar-refractivity contribution is 7.07. The molecule has 1 aliphatic heterocycles. The second-order valence-corrected chi connectivity index (χ2v) is 12.7. The first-order chi connectivity index (χ1) is 21.7. The molecule has 7 nitrogen and oxygen atoms in total. The molecule has 2 aromatic heterocycles. The lowest BCUT2D eigenvalue weighted by Crippen LogP contribution is -2.40. The summed E-state index contributed by atoms with van der Waals surface area (Å²) in [5, 5.41) is 1.73. The Morgan fingerprint density at radius 2 is 1.82 bits per heavy atom. The average molecular weight is 640 g/mol. The summed E-state index contributed by atoms with van der Waals surface area (Å²) in [6, 6.07) is 22.8. The molecule has 0 saturated carbocycles. The Labute approximate surface area is 270 Å². The van der Waals surface area contributed by atoms with Gasteiger partial charge >= 0.3 is 5.97 Å². The van der Waals surface area contributed by atoms with E-state index in [1.807, 2.05) is 74.5 Å². The second kappa shape index (κ2) is 12.5. The molecule has 6 rings (SSSR count). The largest absolute Gasteiger partial charge is 0.491 e. The Balaban J connectivity index is 1.56. The van der Waals surface area contributed by atoms with Crippen molar-refractivity contribution in [3.8, 4) is 5.75 Å². The molecule has 1 atom stereocenters. The molecule has 0 radical (unpaired) electrons. The van der Waals surface area contributed by atoms with Crippen LogP contribution in [0.1, 0.15) is 56.1 Å². The number of rotatable bonds is 8. The Morgan fingerprint density at radius 1 is 1.07 bits per heavy atom. The number of allylic oxidation sites excluding steroid dienone is 1. The number of aromatic nitrogens is 2. The number of hydrogen-bond acceptors (Lipinski definition) is 6. The lowest BCUT2D eigenvalue weighted by Gasteiger charge is -2.26. The van der Waals surface area contributed by atoms with Crippen molar-refractivity contribution >= 4 is 45.9 Å². The van der Waals surface area contributed by atoms with Crippen LogP contribution in [0.15, 0.2) is 93.9 Å². The van der Waals surface area contributed by atoms with Crippen LogP contribution in [0, 0.1) is 6.92 Å². The predicted molar refractivity (Wildman–Crippen MR) is 180 cm³/mol. The number of thiazole rings is 1. The number of ether oxygens (including phenoxy) is 2. The first kappa shape index (κ1) is 30.6. The number of halogens is 1. The van der Waals surface area contributed by atoms with Gasteiger partial charge in [-0.15, -0.1) is 0 Å². The molecular weight excluding hydrogens is 606 g/mol. The number of hydrogen-bond donors (Lipinski definition) is 0. The summed E-state index contributed by atoms with van der Waals surface area (Å²) in [6.45, 7) is 10.3. The molecule has 45 heavy (non-hydrogen) atoms. The Morgan fingerprint density at radius 3 is 2.58 bits per heavy atom. The van der Waals surface area contributed by atoms with E-state index in [1.165, 1.54) is 11.3 Å². The third-order valence-corrected chi connectivity index (χ3v) is 9.10. The van der Waals surface area contributed by atoms with Gasteiger partial charge in [0, 0.05) is 39.3 Å². The standard InChI is InChI=1S/C36H34ClN3O4S/c1-6-43-35(42)32-22(4)38-36-40(33(32)27-15-8-10-17-30(27)44-21(2)3)34(41)31(45-36)19-28-23(5)39(29-16-9-7-14-26(28)29)20-24-12-11-13-25(37)18-24/h7-19,21,33H,6,20H2,1-5H3/b31-19-/t33-/m1/s1. The van der Waals surface area contributed by atoms with Gasteiger partial charge in [0.2, 0.25) is 0 Å². The zero-order chi connectivity index (χ0) is 31.8. The lowest BCUT2D eigenvalue weighted by molar-refractivity contribution is -0.139. The van der Waals surface area contributed by atoms with Gasteiger partial charge in [0.15, 0.2) is 4.80 Å². The average Bonchev–Trinajstić information content (AvgIpc) is 3.45. The van der Waals surface area contributed by atoms with Crippen molar-refractivity contribution in [1.82, 2.24) is 9.13 Å². The van der Waals surface area contributed by atoms with Gasteiger partial charge in [-0.1, -0.05) is 71.5 Å². The molecule has 9 heteroatoms. The topological polar surface area (TPSA) is 74.8 Å². The van der Waals surface area contributed by atoms with E-state index >= 15 is 0 Å². The molecule has 0 bridgehead atoms. The van der Waals surface area contributed by atoms with E-state index in [0.717, 1.165) is 27.7 Å². The van der Waals surface area contributed by atoms with Gasteiger partial charge in [0.1, 0.15) is 11.8 Å². The van der Waals surface area contributed by atoms with Crippen LogP contribution in [0.2, 0.25) is 5.02 Å². The van der Waals surface area contributed by atoms with E-state index in [2.05, 4.69) is 29.7 Å². The fourth-order valence-electron chi connectivity index (χ4n) is 5.95. The maximum Gasteiger partial charge on any atom is 0.338 e. The maximum atomic E-state index is 14.4. The molecule has 5 aromatic rings. The second-order valence-electron chi connectivity index (χ2n) is 11.2. The normalized spacial score (nSPS) is 15.0. The molecule has 0 fully saturated rings. The number of esters is 1. The number of carbonyl (C=O) groups is 1. The van der Waals surface area contributed by atoms with E-state index in [-0.39, 0.29) is 18.3 Å². The Kier molecular flexibility index (Phi) is 8.53. The third-order valence-electron chi connectivity index (χ3n) is 7.88. The minimum Gasteiger partial charge on any atom is -0.491 e. The van der Waals surface area contributed by atoms with E-state index in [4.69, 9.17) is 26.1 Å². The molecule has 0 N–H and O–H groups in total. The Hall–Kier alpha value is -4.40. The summed E-state index contributed by atoms with van der Waals surface area (Å²) in [5.74, 6) is 0.0980. The van der Waals surface area contributed by atoms with Gasteiger partial charge in [-0.3, -0.25) is 9.36 Å². The quantitative estimate of drug-likeness (QED) is 0.181. The molecular formula is C36H34ClN3O4S. The fourth-order valence-corrected chi connectivity index (χ4v) is 7.19. The van der Waals surface area contributed by atoms with E-state index < -0.39 is 12.0 Å². The van der Waals surface area contributed by atoms with E-state index in [0.29, 0.717) is 43.5 Å². The number of carbonyl (C=O) groups excluding carboxylic acids is 1. The number of benzene rings is 3. The van der Waals surface area contributed by atoms with Crippen LogP contribution in [0.25, 0.3) is 17.0 Å². The van der Waals surface area contributed by atoms with Crippen LogP contribution in [-0.4, -0.2) is 27.8 Å². The predicted octanol–water partition coefficient (Wildman–Crippen LogP) is 6.55. The fraction of sp³-hybridized carbons (Fsp3) is 0.250. The third kappa shape index (κ3) is 5.76. The van der Waals surface area contributed by atoms with Gasteiger partial charge in [-0.2, -0.15) is 0 Å². The molecule has 0 saturated heterocycles. The van der Waals surface area contributed by atoms with Crippen LogP contribution >= 0.6 is 22.9 Å². The van der Waals surface area contributed by atoms with E-state index in [1.54, 1.807) is 18.4 Å². The van der Waals surface area contributed by atoms with Crippen LogP contribution in [0.3, 0.4) is 0 Å². The summed E-state index contributed by atoms with van der Waals surface area (Å²) in [5.41, 5.74) is 5.43. The van der Waals surface area contributed by atoms with E-state index in [9.17, 15) is 9.59 Å². The van der Waals surface area contributed by atoms with Crippen molar-refractivity contribution in [2.24, 2.45) is 4.99 Å². The smallest absolute Gasteiger partial charge is 0.338 e. The highest BCUT2D eigenvalue weighted by Crippen LogP contribution is 2.36. The first-order valence-electron chi connectivity index (χ1n) is 15.0. The zero-order valence-corrected chi connectivity index (χ0v) is 27.4. The van der Waals surface area contributed by atoms with Crippen molar-refractivity contribution in [3.63, 3.8) is 0 Å². The molecule has 1 aliphatic rings. The van der Waals surface area contributed by atoms with Crippen molar-refractivity contribution in [2.45, 2.75) is 53.3 Å². The van der Waals surface area contributed by atoms with Crippen LogP contribution in [0.4, 0.5) is 0 Å². The van der Waals surface area contributed by atoms with Crippen LogP contribution in [0.5, 0.6) is 5.75 Å². The van der Waals surface area contributed by atoms with Gasteiger partial charge in [-0.05, 0) is 70.5 Å². The number of nitrogens with zero attached hydrogens (tertiary/aromatic N) is 3. The zero-order valence-electron chi connectivity index (χ0n) is 25.8. The molecule has 3 heterocycles. The van der Waals surface area contributed by atoms with Gasteiger partial charge in [-0.25, -0.2) is 9.79 Å². The summed E-state index contributed by atoms with van der Waals surface area (Å²) in [7, 11) is 0. The van der Waals surface area contributed by atoms with Crippen LogP contribution in [-0.2, 0) is 16.1 Å². The molecule has 230 valence electrons. The summed E-state index contributed by atoms with van der Waals surface area (Å²) in [6.07, 6.45) is 1.85. The van der Waals surface area contributed by atoms with Crippen molar-refractivity contribution in [2.75, 3.05) is 6.61 Å². The maximum absolute atomic E-state index is 14.4. The van der Waals surface area contributed by atoms with Crippen molar-refractivity contribution in [1.29, 1.82) is 0 Å². The highest BCUT2D eigenvalue weighted by atomic mass is 35.5. The van der Waals surface area contributed by atoms with Crippen LogP contribution < -0.4 is 19.6 Å². The minimum atomic E-state index is -0.761. The summed E-state index contributed by atoms with van der Waals surface area (Å²) in [4.78, 5) is 33.1. The van der Waals surface area contributed by atoms with Gasteiger partial charge < -0.3 is 14.0 Å². The van der Waals surface area contributed by atoms with Gasteiger partial charge in [0.05, 0.1) is 28.5 Å². The molecule has 0 unspecified atom stereocenters. The van der Waals surface area contributed by atoms with Crippen molar-refractivity contribution < 1.29 is 14.3 Å². The summed E-state index contributed by atoms with van der Waals surface area (Å²) >= 11 is 7.61. The number of fused-ring (bicyclic) bond motifs is 2. The monoisotopic (exact) mass is 639 g/mol. The van der Waals surface area contributed by atoms with Crippen molar-refractivity contribution in [3.05, 3.63) is 131 Å². The molecule has 0 amide bonds. The summed E-state index contributed by atoms with van der Waals surface area (Å²) < 4.78 is 16.0. The SMILES string of the molecule is CCOC(=O)C1=C(C)N=c2s/c(=C\c3c(C)n(Cc4cccc(Cl)c4)c4ccccc34)c(=O)n2[C@@H]1c1ccccc1OC(C)C. The first-order valence-corrected chi connectivity index (χ1v) is 16.1. The molecule has 0 spiro atoms. The Bertz CT molecular complexity index is 2150. The van der Waals surface area contributed by atoms with Gasteiger partial charge in [0.25, 0.3) is 5.56 Å². The lowest BCUT2D eigenvalue weighted by atomic mass is 9.95. The number of para-hydroxylation sites is 2. The highest BCUT2D eigenvalue weighted by Gasteiger charge is 2.35. The molecule has 3 aromatic carbocycles. The molecule has 0 aliphatic carbocycles.